The molecular weight excluding hydrogens is 252 g/mol. The van der Waals surface area contributed by atoms with Crippen molar-refractivity contribution in [1.82, 2.24) is 0 Å². The molecule has 4 nitrogen and oxygen atoms in total. The third-order valence-corrected chi connectivity index (χ3v) is 3.22. The first-order valence-electron chi connectivity index (χ1n) is 7.58. The number of benzene rings is 1. The molecule has 1 aromatic carbocycles. The van der Waals surface area contributed by atoms with Crippen LogP contribution in [0.1, 0.15) is 50.7 Å². The highest BCUT2D eigenvalue weighted by Crippen LogP contribution is 2.31. The quantitative estimate of drug-likeness (QED) is 0.646. The van der Waals surface area contributed by atoms with Crippen molar-refractivity contribution in [3.05, 3.63) is 23.3 Å². The van der Waals surface area contributed by atoms with Crippen LogP contribution in [0, 0.1) is 0 Å². The fourth-order valence-corrected chi connectivity index (χ4v) is 1.90. The molecule has 4 heteroatoms. The van der Waals surface area contributed by atoms with E-state index in [2.05, 4.69) is 13.8 Å². The zero-order valence-electron chi connectivity index (χ0n) is 12.8. The highest BCUT2D eigenvalue weighted by molar-refractivity contribution is 5.47. The summed E-state index contributed by atoms with van der Waals surface area (Å²) in [7, 11) is 0. The molecule has 0 atom stereocenters. The van der Waals surface area contributed by atoms with Crippen LogP contribution >= 0.6 is 0 Å². The maximum absolute atomic E-state index is 5.83. The second-order valence-corrected chi connectivity index (χ2v) is 4.88. The number of ether oxygens (including phenoxy) is 2. The standard InChI is InChI=1S/C16H28N2O2/c1-3-5-7-19-15-9-13(11-17)14(12-18)10-16(15)20-8-6-4-2/h9-10H,3-8,11-12,17-18H2,1-2H3. The van der Waals surface area contributed by atoms with Gasteiger partial charge in [-0.25, -0.2) is 0 Å². The van der Waals surface area contributed by atoms with E-state index >= 15 is 0 Å². The number of nitrogens with two attached hydrogens (primary N) is 2. The van der Waals surface area contributed by atoms with E-state index in [9.17, 15) is 0 Å². The molecule has 20 heavy (non-hydrogen) atoms. The Kier molecular flexibility index (Phi) is 8.07. The SMILES string of the molecule is CCCCOc1cc(CN)c(CN)cc1OCCCC. The van der Waals surface area contributed by atoms with Gasteiger partial charge in [0.2, 0.25) is 0 Å². The van der Waals surface area contributed by atoms with Crippen LogP contribution in [0.2, 0.25) is 0 Å². The summed E-state index contributed by atoms with van der Waals surface area (Å²) in [4.78, 5) is 0. The highest BCUT2D eigenvalue weighted by Gasteiger charge is 2.11. The van der Waals surface area contributed by atoms with Gasteiger partial charge >= 0.3 is 0 Å². The molecule has 4 N–H and O–H groups in total. The molecule has 0 fully saturated rings. The molecule has 0 saturated carbocycles. The minimum atomic E-state index is 0.464. The van der Waals surface area contributed by atoms with Gasteiger partial charge in [-0.05, 0) is 36.1 Å². The molecule has 0 aliphatic rings. The van der Waals surface area contributed by atoms with Crippen LogP contribution in [0.25, 0.3) is 0 Å². The summed E-state index contributed by atoms with van der Waals surface area (Å²) in [5.74, 6) is 1.57. The Balaban J connectivity index is 2.89. The molecule has 0 aliphatic carbocycles. The normalized spacial score (nSPS) is 10.6. The van der Waals surface area contributed by atoms with Crippen molar-refractivity contribution in [3.8, 4) is 11.5 Å². The van der Waals surface area contributed by atoms with Gasteiger partial charge in [0, 0.05) is 13.1 Å². The minimum Gasteiger partial charge on any atom is -0.490 e. The summed E-state index contributed by atoms with van der Waals surface area (Å²) in [5, 5.41) is 0. The molecule has 0 heterocycles. The Morgan fingerprint density at radius 2 is 1.20 bits per heavy atom. The van der Waals surface area contributed by atoms with Crippen LogP contribution in [0.3, 0.4) is 0 Å². The van der Waals surface area contributed by atoms with Crippen molar-refractivity contribution < 1.29 is 9.47 Å². The van der Waals surface area contributed by atoms with Crippen LogP contribution < -0.4 is 20.9 Å². The van der Waals surface area contributed by atoms with Crippen LogP contribution in [0.5, 0.6) is 11.5 Å². The second kappa shape index (κ2) is 9.61. The fraction of sp³-hybridized carbons (Fsp3) is 0.625. The molecule has 0 bridgehead atoms. The molecule has 1 aromatic rings. The van der Waals surface area contributed by atoms with Crippen LogP contribution in [0.15, 0.2) is 12.1 Å². The Morgan fingerprint density at radius 3 is 1.50 bits per heavy atom. The lowest BCUT2D eigenvalue weighted by atomic mass is 10.1. The van der Waals surface area contributed by atoms with Gasteiger partial charge in [-0.15, -0.1) is 0 Å². The third kappa shape index (κ3) is 5.02. The third-order valence-electron chi connectivity index (χ3n) is 3.22. The Hall–Kier alpha value is -1.26. The van der Waals surface area contributed by atoms with E-state index < -0.39 is 0 Å². The van der Waals surface area contributed by atoms with Gasteiger partial charge in [-0.2, -0.15) is 0 Å². The molecule has 0 saturated heterocycles. The largest absolute Gasteiger partial charge is 0.490 e. The van der Waals surface area contributed by atoms with E-state index in [0.717, 1.165) is 48.3 Å². The zero-order chi connectivity index (χ0) is 14.8. The topological polar surface area (TPSA) is 70.5 Å². The van der Waals surface area contributed by atoms with Gasteiger partial charge in [0.25, 0.3) is 0 Å². The van der Waals surface area contributed by atoms with E-state index in [4.69, 9.17) is 20.9 Å². The molecule has 0 aromatic heterocycles. The van der Waals surface area contributed by atoms with Gasteiger partial charge in [0.15, 0.2) is 11.5 Å². The molecule has 1 rings (SSSR count). The lowest BCUT2D eigenvalue weighted by Crippen LogP contribution is -2.09. The van der Waals surface area contributed by atoms with Gasteiger partial charge in [0.05, 0.1) is 13.2 Å². The number of hydrogen-bond donors (Lipinski definition) is 2. The van der Waals surface area contributed by atoms with Crippen molar-refractivity contribution in [3.63, 3.8) is 0 Å². The summed E-state index contributed by atoms with van der Waals surface area (Å²) < 4.78 is 11.7. The number of hydrogen-bond acceptors (Lipinski definition) is 4. The Morgan fingerprint density at radius 1 is 0.800 bits per heavy atom. The van der Waals surface area contributed by atoms with Crippen molar-refractivity contribution >= 4 is 0 Å². The predicted molar refractivity (Wildman–Crippen MR) is 83.0 cm³/mol. The average Bonchev–Trinajstić information content (AvgIpc) is 2.48. The molecule has 0 unspecified atom stereocenters. The van der Waals surface area contributed by atoms with Crippen molar-refractivity contribution in [2.24, 2.45) is 11.5 Å². The second-order valence-electron chi connectivity index (χ2n) is 4.88. The highest BCUT2D eigenvalue weighted by atomic mass is 16.5. The maximum atomic E-state index is 5.83. The van der Waals surface area contributed by atoms with Crippen LogP contribution in [-0.2, 0) is 13.1 Å². The first-order chi connectivity index (χ1) is 9.76. The van der Waals surface area contributed by atoms with E-state index in [1.165, 1.54) is 0 Å². The number of unbranched alkanes of at least 4 members (excludes halogenated alkanes) is 2. The summed E-state index contributed by atoms with van der Waals surface area (Å²) in [6.45, 7) is 6.62. The molecule has 0 amide bonds. The fourth-order valence-electron chi connectivity index (χ4n) is 1.90. The molecule has 114 valence electrons. The van der Waals surface area contributed by atoms with Gasteiger partial charge in [0.1, 0.15) is 0 Å². The lowest BCUT2D eigenvalue weighted by Gasteiger charge is -2.16. The van der Waals surface area contributed by atoms with Crippen molar-refractivity contribution in [2.75, 3.05) is 13.2 Å². The van der Waals surface area contributed by atoms with E-state index in [-0.39, 0.29) is 0 Å². The predicted octanol–water partition coefficient (Wildman–Crippen LogP) is 2.96. The van der Waals surface area contributed by atoms with Gasteiger partial charge in [-0.3, -0.25) is 0 Å². The summed E-state index contributed by atoms with van der Waals surface area (Å²) in [6.07, 6.45) is 4.28. The van der Waals surface area contributed by atoms with Crippen molar-refractivity contribution in [1.29, 1.82) is 0 Å². The zero-order valence-corrected chi connectivity index (χ0v) is 12.8. The van der Waals surface area contributed by atoms with Crippen molar-refractivity contribution in [2.45, 2.75) is 52.6 Å². The summed E-state index contributed by atoms with van der Waals surface area (Å²) >= 11 is 0. The molecule has 0 radical (unpaired) electrons. The molecular formula is C16H28N2O2. The van der Waals surface area contributed by atoms with E-state index in [1.54, 1.807) is 0 Å². The Labute approximate surface area is 122 Å². The first kappa shape index (κ1) is 16.8. The molecule has 0 aliphatic heterocycles. The Bertz CT molecular complexity index is 357. The average molecular weight is 280 g/mol. The monoisotopic (exact) mass is 280 g/mol. The van der Waals surface area contributed by atoms with E-state index in [1.807, 2.05) is 12.1 Å². The van der Waals surface area contributed by atoms with Crippen LogP contribution in [-0.4, -0.2) is 13.2 Å². The first-order valence-corrected chi connectivity index (χ1v) is 7.58. The maximum Gasteiger partial charge on any atom is 0.161 e. The minimum absolute atomic E-state index is 0.464. The lowest BCUT2D eigenvalue weighted by molar-refractivity contribution is 0.261. The molecule has 0 spiro atoms. The summed E-state index contributed by atoms with van der Waals surface area (Å²) in [6, 6.07) is 3.94. The van der Waals surface area contributed by atoms with Crippen LogP contribution in [0.4, 0.5) is 0 Å². The van der Waals surface area contributed by atoms with E-state index in [0.29, 0.717) is 26.3 Å². The smallest absolute Gasteiger partial charge is 0.161 e. The number of rotatable bonds is 10. The summed E-state index contributed by atoms with van der Waals surface area (Å²) in [5.41, 5.74) is 13.6. The van der Waals surface area contributed by atoms with Gasteiger partial charge in [-0.1, -0.05) is 26.7 Å². The van der Waals surface area contributed by atoms with Gasteiger partial charge < -0.3 is 20.9 Å².